The Morgan fingerprint density at radius 1 is 1.05 bits per heavy atom. The van der Waals surface area contributed by atoms with Crippen molar-refractivity contribution < 1.29 is 26.7 Å². The molecule has 0 atom stereocenters. The van der Waals surface area contributed by atoms with E-state index < -0.39 is 34.9 Å². The van der Waals surface area contributed by atoms with Gasteiger partial charge in [0, 0.05) is 30.2 Å². The molecule has 3 heterocycles. The van der Waals surface area contributed by atoms with Crippen LogP contribution in [0.3, 0.4) is 0 Å². The van der Waals surface area contributed by atoms with Crippen LogP contribution in [0.2, 0.25) is 0 Å². The van der Waals surface area contributed by atoms with E-state index in [1.807, 2.05) is 13.8 Å². The molecule has 1 aliphatic rings. The Bertz CT molecular complexity index is 1540. The lowest BCUT2D eigenvalue weighted by Gasteiger charge is -2.15. The molecule has 0 unspecified atom stereocenters. The minimum absolute atomic E-state index is 0.149. The van der Waals surface area contributed by atoms with Crippen LogP contribution in [0, 0.1) is 5.82 Å². The van der Waals surface area contributed by atoms with Gasteiger partial charge in [-0.1, -0.05) is 19.9 Å². The number of imidazole rings is 1. The SMILES string of the molecule is CC.O=C(Nc1ccc(F)cc1)c1cc(-c2cccn3c(C4=CC(F)=CNC4)cnc23)ccc1C(F)(F)F. The van der Waals surface area contributed by atoms with Gasteiger partial charge in [-0.25, -0.2) is 13.8 Å². The molecule has 5 nitrogen and oxygen atoms in total. The molecule has 2 aromatic carbocycles. The zero-order valence-electron chi connectivity index (χ0n) is 20.4. The average molecular weight is 527 g/mol. The second kappa shape index (κ2) is 10.9. The predicted molar refractivity (Wildman–Crippen MR) is 137 cm³/mol. The van der Waals surface area contributed by atoms with Crippen molar-refractivity contribution in [3.63, 3.8) is 0 Å². The lowest BCUT2D eigenvalue weighted by molar-refractivity contribution is -0.137. The van der Waals surface area contributed by atoms with Crippen molar-refractivity contribution in [3.8, 4) is 11.1 Å². The number of nitrogens with one attached hydrogen (secondary N) is 2. The number of carbonyl (C=O) groups excluding carboxylic acids is 1. The maximum Gasteiger partial charge on any atom is 0.417 e. The first-order chi connectivity index (χ1) is 18.2. The highest BCUT2D eigenvalue weighted by molar-refractivity contribution is 6.06. The smallest absolute Gasteiger partial charge is 0.384 e. The average Bonchev–Trinajstić information content (AvgIpc) is 3.35. The van der Waals surface area contributed by atoms with Crippen LogP contribution >= 0.6 is 0 Å². The highest BCUT2D eigenvalue weighted by Gasteiger charge is 2.35. The molecule has 4 aromatic rings. The second-order valence-electron chi connectivity index (χ2n) is 8.06. The molecule has 1 amide bonds. The van der Waals surface area contributed by atoms with E-state index in [0.29, 0.717) is 34.6 Å². The van der Waals surface area contributed by atoms with Crippen LogP contribution in [-0.4, -0.2) is 21.8 Å². The van der Waals surface area contributed by atoms with Crippen molar-refractivity contribution in [2.45, 2.75) is 20.0 Å². The highest BCUT2D eigenvalue weighted by atomic mass is 19.4. The van der Waals surface area contributed by atoms with E-state index in [9.17, 15) is 26.7 Å². The zero-order chi connectivity index (χ0) is 27.4. The summed E-state index contributed by atoms with van der Waals surface area (Å²) in [6.45, 7) is 4.37. The molecule has 0 bridgehead atoms. The minimum atomic E-state index is -4.78. The summed E-state index contributed by atoms with van der Waals surface area (Å²) in [4.78, 5) is 17.3. The van der Waals surface area contributed by atoms with Gasteiger partial charge >= 0.3 is 6.18 Å². The number of dihydropyridines is 1. The molecular formula is C28H23F5N4O. The first kappa shape index (κ1) is 26.6. The number of rotatable bonds is 4. The van der Waals surface area contributed by atoms with Crippen molar-refractivity contribution in [3.05, 3.63) is 108 Å². The summed E-state index contributed by atoms with van der Waals surface area (Å²) < 4.78 is 69.8. The molecule has 0 radical (unpaired) electrons. The summed E-state index contributed by atoms with van der Waals surface area (Å²) in [5.41, 5.74) is 0.941. The molecule has 0 fully saturated rings. The van der Waals surface area contributed by atoms with Crippen LogP contribution in [0.15, 0.2) is 85.1 Å². The van der Waals surface area contributed by atoms with Crippen LogP contribution in [0.4, 0.5) is 27.6 Å². The Kier molecular flexibility index (Phi) is 7.61. The van der Waals surface area contributed by atoms with Crippen LogP contribution in [0.1, 0.15) is 35.5 Å². The van der Waals surface area contributed by atoms with Gasteiger partial charge in [0.05, 0.1) is 23.0 Å². The molecule has 0 aliphatic carbocycles. The number of carbonyl (C=O) groups is 1. The van der Waals surface area contributed by atoms with E-state index in [1.54, 1.807) is 28.9 Å². The molecule has 2 aromatic heterocycles. The number of benzene rings is 2. The van der Waals surface area contributed by atoms with E-state index >= 15 is 0 Å². The van der Waals surface area contributed by atoms with Gasteiger partial charge in [-0.2, -0.15) is 13.2 Å². The first-order valence-electron chi connectivity index (χ1n) is 11.8. The van der Waals surface area contributed by atoms with Crippen molar-refractivity contribution >= 4 is 22.8 Å². The van der Waals surface area contributed by atoms with Crippen molar-refractivity contribution in [1.82, 2.24) is 14.7 Å². The maximum atomic E-state index is 13.7. The van der Waals surface area contributed by atoms with Gasteiger partial charge in [-0.3, -0.25) is 9.20 Å². The van der Waals surface area contributed by atoms with Crippen LogP contribution in [-0.2, 0) is 6.18 Å². The van der Waals surface area contributed by atoms with E-state index in [4.69, 9.17) is 0 Å². The van der Waals surface area contributed by atoms with E-state index in [0.717, 1.165) is 24.3 Å². The Labute approximate surface area is 215 Å². The number of aromatic nitrogens is 2. The third kappa shape index (κ3) is 5.44. The highest BCUT2D eigenvalue weighted by Crippen LogP contribution is 2.36. The van der Waals surface area contributed by atoms with Crippen LogP contribution in [0.5, 0.6) is 0 Å². The molecule has 0 saturated heterocycles. The number of nitrogens with zero attached hydrogens (tertiary/aromatic N) is 2. The van der Waals surface area contributed by atoms with E-state index in [-0.39, 0.29) is 5.69 Å². The molecule has 2 N–H and O–H groups in total. The predicted octanol–water partition coefficient (Wildman–Crippen LogP) is 7.24. The number of hydrogen-bond acceptors (Lipinski definition) is 3. The van der Waals surface area contributed by atoms with Gasteiger partial charge < -0.3 is 10.6 Å². The summed E-state index contributed by atoms with van der Waals surface area (Å²) in [6, 6.07) is 11.3. The van der Waals surface area contributed by atoms with Crippen molar-refractivity contribution in [2.75, 3.05) is 11.9 Å². The third-order valence-electron chi connectivity index (χ3n) is 5.69. The van der Waals surface area contributed by atoms with Gasteiger partial charge in [0.1, 0.15) is 17.3 Å². The summed E-state index contributed by atoms with van der Waals surface area (Å²) in [7, 11) is 0. The molecule has 196 valence electrons. The van der Waals surface area contributed by atoms with E-state index in [2.05, 4.69) is 15.6 Å². The Balaban J connectivity index is 0.00000164. The number of amides is 1. The number of hydrogen-bond donors (Lipinski definition) is 2. The molecule has 1 aliphatic heterocycles. The number of allylic oxidation sites excluding steroid dienone is 2. The number of halogens is 5. The fraction of sp³-hybridized carbons (Fsp3) is 0.143. The molecule has 0 saturated carbocycles. The molecule has 38 heavy (non-hydrogen) atoms. The van der Waals surface area contributed by atoms with Crippen molar-refractivity contribution in [1.29, 1.82) is 0 Å². The summed E-state index contributed by atoms with van der Waals surface area (Å²) in [6.07, 6.45) is 1.11. The normalized spacial score (nSPS) is 13.1. The summed E-state index contributed by atoms with van der Waals surface area (Å²) >= 11 is 0. The van der Waals surface area contributed by atoms with Crippen LogP contribution < -0.4 is 10.6 Å². The zero-order valence-corrected chi connectivity index (χ0v) is 20.4. The molecular weight excluding hydrogens is 503 g/mol. The first-order valence-corrected chi connectivity index (χ1v) is 11.8. The van der Waals surface area contributed by atoms with Gasteiger partial charge in [0.25, 0.3) is 5.91 Å². The van der Waals surface area contributed by atoms with Crippen molar-refractivity contribution in [2.24, 2.45) is 0 Å². The molecule has 5 rings (SSSR count). The second-order valence-corrected chi connectivity index (χ2v) is 8.06. The Hall–Kier alpha value is -4.47. The topological polar surface area (TPSA) is 58.4 Å². The fourth-order valence-corrected chi connectivity index (χ4v) is 4.03. The Morgan fingerprint density at radius 3 is 2.47 bits per heavy atom. The van der Waals surface area contributed by atoms with Gasteiger partial charge in [-0.05, 0) is 65.7 Å². The minimum Gasteiger partial charge on any atom is -0.384 e. The molecule has 0 spiro atoms. The number of fused-ring (bicyclic) bond motifs is 1. The monoisotopic (exact) mass is 526 g/mol. The number of alkyl halides is 3. The third-order valence-corrected chi connectivity index (χ3v) is 5.69. The van der Waals surface area contributed by atoms with Gasteiger partial charge in [0.2, 0.25) is 0 Å². The number of anilines is 1. The quantitative estimate of drug-likeness (QED) is 0.276. The number of pyridine rings is 1. The summed E-state index contributed by atoms with van der Waals surface area (Å²) in [5.74, 6) is -1.98. The Morgan fingerprint density at radius 2 is 1.79 bits per heavy atom. The largest absolute Gasteiger partial charge is 0.417 e. The lowest BCUT2D eigenvalue weighted by Crippen LogP contribution is -2.19. The fourth-order valence-electron chi connectivity index (χ4n) is 4.03. The van der Waals surface area contributed by atoms with Crippen LogP contribution in [0.25, 0.3) is 22.3 Å². The maximum absolute atomic E-state index is 13.7. The van der Waals surface area contributed by atoms with Gasteiger partial charge in [0.15, 0.2) is 0 Å². The standard InChI is InChI=1S/C26H17F5N4O.C2H6/c27-17-4-6-19(7-5-17)34-25(36)21-11-15(3-8-22(21)26(29,30)31)20-2-1-9-35-23(14-33-24(20)35)16-10-18(28)13-32-12-16;1-2/h1-11,13-14,32H,12H2,(H,34,36);1-2H3. The lowest BCUT2D eigenvalue weighted by atomic mass is 9.98. The van der Waals surface area contributed by atoms with Gasteiger partial charge in [-0.15, -0.1) is 0 Å². The van der Waals surface area contributed by atoms with E-state index in [1.165, 1.54) is 30.5 Å². The molecule has 10 heteroatoms. The summed E-state index contributed by atoms with van der Waals surface area (Å²) in [5, 5.41) is 5.21.